The first kappa shape index (κ1) is 31.4. The molecule has 0 aliphatic heterocycles. The van der Waals surface area contributed by atoms with Gasteiger partial charge in [0.05, 0.1) is 5.69 Å². The molecule has 0 radical (unpaired) electrons. The normalized spacial score (nSPS) is 17.2. The molecule has 0 N–H and O–H groups in total. The zero-order valence-corrected chi connectivity index (χ0v) is 30.2. The predicted molar refractivity (Wildman–Crippen MR) is 210 cm³/mol. The lowest BCUT2D eigenvalue weighted by molar-refractivity contribution is 0.299. The number of hydrogen-bond donors (Lipinski definition) is 0. The molecule has 0 bridgehead atoms. The van der Waals surface area contributed by atoms with Gasteiger partial charge in [-0.15, -0.1) is 0 Å². The molecule has 0 atom stereocenters. The van der Waals surface area contributed by atoms with Gasteiger partial charge in [0.1, 0.15) is 0 Å². The molecule has 6 aromatic rings. The van der Waals surface area contributed by atoms with E-state index < -0.39 is 0 Å². The molecule has 0 fully saturated rings. The lowest BCUT2D eigenvalue weighted by Gasteiger charge is -2.49. The first-order valence-electron chi connectivity index (χ1n) is 17.8. The van der Waals surface area contributed by atoms with Crippen molar-refractivity contribution in [2.75, 3.05) is 4.90 Å². The van der Waals surface area contributed by atoms with Crippen LogP contribution in [0.5, 0.6) is 0 Å². The Morgan fingerprint density at radius 3 is 1.63 bits per heavy atom. The van der Waals surface area contributed by atoms with Gasteiger partial charge in [-0.2, -0.15) is 0 Å². The Kier molecular flexibility index (Phi) is 6.93. The maximum atomic E-state index is 2.50. The minimum Gasteiger partial charge on any atom is -0.310 e. The fourth-order valence-electron chi connectivity index (χ4n) is 8.67. The number of anilines is 3. The molecule has 0 amide bonds. The highest BCUT2D eigenvalue weighted by molar-refractivity contribution is 5.95. The van der Waals surface area contributed by atoms with Crippen LogP contribution in [0, 0.1) is 0 Å². The zero-order valence-electron chi connectivity index (χ0n) is 30.2. The SMILES string of the molecule is CC1(C)c2ccccc2-c2cc(N(c3ccccc3)c3cccc4c3-c3ccc(-c5ccccc5)cc3C(C)(C)C4(C)C)ccc2C1(C)C. The van der Waals surface area contributed by atoms with Crippen LogP contribution in [-0.4, -0.2) is 0 Å². The van der Waals surface area contributed by atoms with Gasteiger partial charge >= 0.3 is 0 Å². The summed E-state index contributed by atoms with van der Waals surface area (Å²) in [5.41, 5.74) is 16.7. The standard InChI is InChI=1S/C48H47N/c1-45(2)39-23-16-15-22-36(39)38-31-35(27-29-40(38)46(45,3)4)49(34-20-13-10-14-21-34)43-25-17-24-41-44(43)37-28-26-33(32-18-11-9-12-19-32)30-42(37)48(7,8)47(41,5)6/h9-31H,1-8H3. The lowest BCUT2D eigenvalue weighted by atomic mass is 9.55. The molecule has 0 saturated heterocycles. The van der Waals surface area contributed by atoms with Gasteiger partial charge in [0.25, 0.3) is 0 Å². The largest absolute Gasteiger partial charge is 0.310 e. The molecule has 0 aromatic heterocycles. The van der Waals surface area contributed by atoms with Crippen LogP contribution in [0.25, 0.3) is 33.4 Å². The Bertz CT molecular complexity index is 2220. The van der Waals surface area contributed by atoms with Crippen LogP contribution in [0.2, 0.25) is 0 Å². The van der Waals surface area contributed by atoms with Crippen molar-refractivity contribution in [1.82, 2.24) is 0 Å². The van der Waals surface area contributed by atoms with Crippen LogP contribution in [0.3, 0.4) is 0 Å². The molecule has 49 heavy (non-hydrogen) atoms. The van der Waals surface area contributed by atoms with Crippen LogP contribution >= 0.6 is 0 Å². The van der Waals surface area contributed by atoms with E-state index in [1.807, 2.05) is 0 Å². The van der Waals surface area contributed by atoms with Crippen molar-refractivity contribution in [2.45, 2.75) is 77.0 Å². The van der Waals surface area contributed by atoms with Crippen molar-refractivity contribution in [3.8, 4) is 33.4 Å². The average molecular weight is 638 g/mol. The van der Waals surface area contributed by atoms with E-state index in [2.05, 4.69) is 200 Å². The number of hydrogen-bond acceptors (Lipinski definition) is 1. The van der Waals surface area contributed by atoms with Crippen molar-refractivity contribution in [2.24, 2.45) is 0 Å². The second kappa shape index (κ2) is 10.8. The van der Waals surface area contributed by atoms with E-state index in [9.17, 15) is 0 Å². The highest BCUT2D eigenvalue weighted by Gasteiger charge is 2.48. The van der Waals surface area contributed by atoms with Gasteiger partial charge in [-0.25, -0.2) is 0 Å². The minimum atomic E-state index is -0.118. The molecule has 2 aliphatic carbocycles. The number of para-hydroxylation sites is 1. The van der Waals surface area contributed by atoms with Crippen molar-refractivity contribution in [3.63, 3.8) is 0 Å². The Hall–Kier alpha value is -4.88. The van der Waals surface area contributed by atoms with Crippen LogP contribution in [0.4, 0.5) is 17.1 Å². The van der Waals surface area contributed by atoms with Gasteiger partial charge in [0.2, 0.25) is 0 Å². The quantitative estimate of drug-likeness (QED) is 0.186. The molecular weight excluding hydrogens is 591 g/mol. The van der Waals surface area contributed by atoms with Gasteiger partial charge in [-0.3, -0.25) is 0 Å². The van der Waals surface area contributed by atoms with Crippen molar-refractivity contribution in [3.05, 3.63) is 162 Å². The molecule has 244 valence electrons. The molecule has 0 spiro atoms. The second-order valence-corrected chi connectivity index (χ2v) is 16.3. The highest BCUT2D eigenvalue weighted by atomic mass is 15.1. The average Bonchev–Trinajstić information content (AvgIpc) is 3.11. The highest BCUT2D eigenvalue weighted by Crippen LogP contribution is 2.59. The van der Waals surface area contributed by atoms with Crippen LogP contribution < -0.4 is 4.90 Å². The first-order chi connectivity index (χ1) is 23.4. The topological polar surface area (TPSA) is 3.24 Å². The summed E-state index contributed by atoms with van der Waals surface area (Å²) in [6.45, 7) is 19.3. The minimum absolute atomic E-state index is 0.00354. The maximum absolute atomic E-state index is 2.50. The summed E-state index contributed by atoms with van der Waals surface area (Å²) < 4.78 is 0. The molecule has 0 saturated carbocycles. The third-order valence-corrected chi connectivity index (χ3v) is 13.0. The molecule has 0 heterocycles. The maximum Gasteiger partial charge on any atom is 0.0543 e. The summed E-state index contributed by atoms with van der Waals surface area (Å²) in [6, 6.07) is 52.1. The summed E-state index contributed by atoms with van der Waals surface area (Å²) in [5, 5.41) is 0. The molecule has 1 heteroatoms. The number of fused-ring (bicyclic) bond motifs is 6. The first-order valence-corrected chi connectivity index (χ1v) is 17.8. The van der Waals surface area contributed by atoms with Gasteiger partial charge in [0, 0.05) is 16.9 Å². The van der Waals surface area contributed by atoms with Crippen molar-refractivity contribution >= 4 is 17.1 Å². The van der Waals surface area contributed by atoms with E-state index in [1.54, 1.807) is 0 Å². The molecule has 2 aliphatic rings. The smallest absolute Gasteiger partial charge is 0.0543 e. The summed E-state index contributed by atoms with van der Waals surface area (Å²) in [4.78, 5) is 2.50. The van der Waals surface area contributed by atoms with Gasteiger partial charge < -0.3 is 4.90 Å². The molecule has 0 unspecified atom stereocenters. The number of nitrogens with zero attached hydrogens (tertiary/aromatic N) is 1. The third-order valence-electron chi connectivity index (χ3n) is 13.0. The molecule has 8 rings (SSSR count). The van der Waals surface area contributed by atoms with Gasteiger partial charge in [0.15, 0.2) is 0 Å². The summed E-state index contributed by atoms with van der Waals surface area (Å²) in [7, 11) is 0. The Morgan fingerprint density at radius 2 is 0.918 bits per heavy atom. The fourth-order valence-corrected chi connectivity index (χ4v) is 8.67. The summed E-state index contributed by atoms with van der Waals surface area (Å²) >= 11 is 0. The molecule has 6 aromatic carbocycles. The zero-order chi connectivity index (χ0) is 34.3. The number of benzene rings is 6. The van der Waals surface area contributed by atoms with E-state index in [0.29, 0.717) is 0 Å². The van der Waals surface area contributed by atoms with E-state index in [4.69, 9.17) is 0 Å². The molecular formula is C48H47N. The van der Waals surface area contributed by atoms with E-state index >= 15 is 0 Å². The monoisotopic (exact) mass is 637 g/mol. The molecule has 1 nitrogen and oxygen atoms in total. The van der Waals surface area contributed by atoms with Gasteiger partial charge in [-0.1, -0.05) is 159 Å². The van der Waals surface area contributed by atoms with E-state index in [-0.39, 0.29) is 21.7 Å². The van der Waals surface area contributed by atoms with Crippen molar-refractivity contribution < 1.29 is 0 Å². The summed E-state index contributed by atoms with van der Waals surface area (Å²) in [5.74, 6) is 0. The van der Waals surface area contributed by atoms with Crippen LogP contribution in [0.15, 0.2) is 140 Å². The van der Waals surface area contributed by atoms with E-state index in [0.717, 1.165) is 5.69 Å². The third kappa shape index (κ3) is 4.44. The summed E-state index contributed by atoms with van der Waals surface area (Å²) in [6.07, 6.45) is 0. The Labute approximate surface area is 293 Å². The van der Waals surface area contributed by atoms with Crippen LogP contribution in [0.1, 0.15) is 77.6 Å². The lowest BCUT2D eigenvalue weighted by Crippen LogP contribution is -2.44. The second-order valence-electron chi connectivity index (χ2n) is 16.3. The Balaban J connectivity index is 1.40. The van der Waals surface area contributed by atoms with E-state index in [1.165, 1.54) is 67.0 Å². The number of rotatable bonds is 4. The fraction of sp³-hybridized carbons (Fsp3) is 0.250. The van der Waals surface area contributed by atoms with Crippen molar-refractivity contribution in [1.29, 1.82) is 0 Å². The van der Waals surface area contributed by atoms with Gasteiger partial charge in [-0.05, 0) is 108 Å². The predicted octanol–water partition coefficient (Wildman–Crippen LogP) is 13.3. The van der Waals surface area contributed by atoms with Crippen LogP contribution in [-0.2, 0) is 21.7 Å². The Morgan fingerprint density at radius 1 is 0.347 bits per heavy atom.